The second kappa shape index (κ2) is 6.81. The number of hydrogen-bond donors (Lipinski definition) is 2. The Labute approximate surface area is 125 Å². The number of carbonyl (C=O) groups is 1. The van der Waals surface area contributed by atoms with Gasteiger partial charge in [0, 0.05) is 13.1 Å². The fourth-order valence-electron chi connectivity index (χ4n) is 2.28. The summed E-state index contributed by atoms with van der Waals surface area (Å²) in [4.78, 5) is 13.6. The van der Waals surface area contributed by atoms with Gasteiger partial charge in [-0.15, -0.1) is 11.3 Å². The summed E-state index contributed by atoms with van der Waals surface area (Å²) in [6.45, 7) is 1.71. The normalized spacial score (nSPS) is 22.9. The second-order valence-electron chi connectivity index (χ2n) is 4.79. The van der Waals surface area contributed by atoms with Crippen LogP contribution >= 0.6 is 27.3 Å². The van der Waals surface area contributed by atoms with Crippen LogP contribution in [0.4, 0.5) is 0 Å². The van der Waals surface area contributed by atoms with Gasteiger partial charge in [-0.3, -0.25) is 15.1 Å². The smallest absolute Gasteiger partial charge is 0.263 e. The van der Waals surface area contributed by atoms with Gasteiger partial charge in [0.05, 0.1) is 9.89 Å². The van der Waals surface area contributed by atoms with E-state index < -0.39 is 6.10 Å². The van der Waals surface area contributed by atoms with Crippen molar-refractivity contribution >= 4 is 33.2 Å². The summed E-state index contributed by atoms with van der Waals surface area (Å²) in [6.07, 6.45) is 1.36. The molecular formula is C12H18BrN3O2S. The fourth-order valence-corrected chi connectivity index (χ4v) is 3.48. The summed E-state index contributed by atoms with van der Waals surface area (Å²) in [5, 5.41) is 2.14. The van der Waals surface area contributed by atoms with Crippen molar-refractivity contribution in [2.75, 3.05) is 13.6 Å². The number of ether oxygens (including phenoxy) is 1. The molecule has 1 fully saturated rings. The van der Waals surface area contributed by atoms with Gasteiger partial charge in [-0.2, -0.15) is 0 Å². The molecule has 0 bridgehead atoms. The van der Waals surface area contributed by atoms with E-state index in [2.05, 4.69) is 44.7 Å². The lowest BCUT2D eigenvalue weighted by Crippen LogP contribution is -2.39. The predicted molar refractivity (Wildman–Crippen MR) is 78.6 cm³/mol. The molecule has 2 heterocycles. The molecule has 1 saturated heterocycles. The zero-order valence-corrected chi connectivity index (χ0v) is 13.2. The third kappa shape index (κ3) is 4.25. The standard InChI is InChI=1S/C12H18BrN3O2S/c1-16(5-8-4-11(13)19-7-8)6-9-2-3-10(18-9)12(17)15-14/h4,7,9-10H,2-3,5-6,14H2,1H3,(H,15,17). The monoisotopic (exact) mass is 347 g/mol. The van der Waals surface area contributed by atoms with E-state index in [1.54, 1.807) is 11.3 Å². The molecule has 2 unspecified atom stereocenters. The Hall–Kier alpha value is -0.470. The fraction of sp³-hybridized carbons (Fsp3) is 0.583. The Morgan fingerprint density at radius 3 is 3.11 bits per heavy atom. The average Bonchev–Trinajstić information content (AvgIpc) is 2.98. The predicted octanol–water partition coefficient (Wildman–Crippen LogP) is 1.48. The van der Waals surface area contributed by atoms with Crippen LogP contribution in [0.3, 0.4) is 0 Å². The molecule has 5 nitrogen and oxygen atoms in total. The van der Waals surface area contributed by atoms with E-state index in [0.717, 1.165) is 29.7 Å². The van der Waals surface area contributed by atoms with Crippen LogP contribution in [0.5, 0.6) is 0 Å². The number of thiophene rings is 1. The summed E-state index contributed by atoms with van der Waals surface area (Å²) >= 11 is 5.15. The molecule has 2 atom stereocenters. The third-order valence-electron chi connectivity index (χ3n) is 3.13. The first-order chi connectivity index (χ1) is 9.08. The number of nitrogens with two attached hydrogens (primary N) is 1. The Morgan fingerprint density at radius 1 is 1.68 bits per heavy atom. The van der Waals surface area contributed by atoms with Crippen molar-refractivity contribution in [2.24, 2.45) is 5.84 Å². The van der Waals surface area contributed by atoms with Crippen LogP contribution in [0.25, 0.3) is 0 Å². The highest BCUT2D eigenvalue weighted by Crippen LogP contribution is 2.23. The number of halogens is 1. The first-order valence-corrected chi connectivity index (χ1v) is 7.83. The number of carbonyl (C=O) groups excluding carboxylic acids is 1. The van der Waals surface area contributed by atoms with Gasteiger partial charge in [0.15, 0.2) is 0 Å². The molecule has 0 radical (unpaired) electrons. The minimum absolute atomic E-state index is 0.106. The topological polar surface area (TPSA) is 67.6 Å². The van der Waals surface area contributed by atoms with Gasteiger partial charge in [0.2, 0.25) is 0 Å². The minimum Gasteiger partial charge on any atom is -0.364 e. The summed E-state index contributed by atoms with van der Waals surface area (Å²) in [6, 6.07) is 2.13. The first kappa shape index (κ1) is 14.9. The molecule has 1 amide bonds. The molecule has 0 aliphatic carbocycles. The number of hydrazine groups is 1. The van der Waals surface area contributed by atoms with Gasteiger partial charge in [-0.05, 0) is 52.8 Å². The van der Waals surface area contributed by atoms with Gasteiger partial charge in [0.1, 0.15) is 6.10 Å². The molecule has 3 N–H and O–H groups in total. The van der Waals surface area contributed by atoms with E-state index in [-0.39, 0.29) is 12.0 Å². The maximum absolute atomic E-state index is 11.4. The lowest BCUT2D eigenvalue weighted by atomic mass is 10.2. The Bertz CT molecular complexity index is 440. The maximum atomic E-state index is 11.4. The van der Waals surface area contributed by atoms with Crippen molar-refractivity contribution < 1.29 is 9.53 Å². The summed E-state index contributed by atoms with van der Waals surface area (Å²) in [5.41, 5.74) is 3.43. The largest absolute Gasteiger partial charge is 0.364 e. The van der Waals surface area contributed by atoms with Crippen LogP contribution in [0.15, 0.2) is 15.2 Å². The molecular weight excluding hydrogens is 330 g/mol. The lowest BCUT2D eigenvalue weighted by molar-refractivity contribution is -0.132. The van der Waals surface area contributed by atoms with Gasteiger partial charge >= 0.3 is 0 Å². The van der Waals surface area contributed by atoms with E-state index >= 15 is 0 Å². The molecule has 7 heteroatoms. The number of amides is 1. The number of nitrogens with zero attached hydrogens (tertiary/aromatic N) is 1. The highest BCUT2D eigenvalue weighted by atomic mass is 79.9. The molecule has 1 aromatic rings. The molecule has 1 aliphatic rings. The van der Waals surface area contributed by atoms with Crippen molar-refractivity contribution in [1.82, 2.24) is 10.3 Å². The lowest BCUT2D eigenvalue weighted by Gasteiger charge is -2.20. The summed E-state index contributed by atoms with van der Waals surface area (Å²) in [7, 11) is 2.06. The summed E-state index contributed by atoms with van der Waals surface area (Å²) in [5.74, 6) is 4.88. The van der Waals surface area contributed by atoms with Crippen molar-refractivity contribution in [3.05, 3.63) is 20.8 Å². The van der Waals surface area contributed by atoms with Crippen LogP contribution in [0.2, 0.25) is 0 Å². The minimum atomic E-state index is -0.390. The van der Waals surface area contributed by atoms with Crippen molar-refractivity contribution in [3.63, 3.8) is 0 Å². The molecule has 2 rings (SSSR count). The third-order valence-corrected chi connectivity index (χ3v) is 4.69. The van der Waals surface area contributed by atoms with E-state index in [1.807, 2.05) is 0 Å². The van der Waals surface area contributed by atoms with Gasteiger partial charge in [-0.25, -0.2) is 5.84 Å². The number of nitrogens with one attached hydrogen (secondary N) is 1. The quantitative estimate of drug-likeness (QED) is 0.481. The van der Waals surface area contributed by atoms with Crippen LogP contribution < -0.4 is 11.3 Å². The molecule has 19 heavy (non-hydrogen) atoms. The van der Waals surface area contributed by atoms with Crippen molar-refractivity contribution in [3.8, 4) is 0 Å². The average molecular weight is 348 g/mol. The highest BCUT2D eigenvalue weighted by molar-refractivity contribution is 9.11. The molecule has 106 valence electrons. The van der Waals surface area contributed by atoms with Crippen molar-refractivity contribution in [1.29, 1.82) is 0 Å². The molecule has 1 aliphatic heterocycles. The highest BCUT2D eigenvalue weighted by Gasteiger charge is 2.30. The van der Waals surface area contributed by atoms with E-state index in [4.69, 9.17) is 10.6 Å². The van der Waals surface area contributed by atoms with Gasteiger partial charge in [0.25, 0.3) is 5.91 Å². The summed E-state index contributed by atoms with van der Waals surface area (Å²) < 4.78 is 6.83. The number of rotatable bonds is 5. The van der Waals surface area contributed by atoms with Crippen LogP contribution in [-0.4, -0.2) is 36.6 Å². The zero-order valence-electron chi connectivity index (χ0n) is 10.8. The first-order valence-electron chi connectivity index (χ1n) is 6.16. The number of hydrogen-bond acceptors (Lipinski definition) is 5. The molecule has 0 saturated carbocycles. The Kier molecular flexibility index (Phi) is 5.35. The molecule has 1 aromatic heterocycles. The Balaban J connectivity index is 1.77. The second-order valence-corrected chi connectivity index (χ2v) is 7.08. The van der Waals surface area contributed by atoms with Crippen molar-refractivity contribution in [2.45, 2.75) is 31.6 Å². The van der Waals surface area contributed by atoms with E-state index in [1.165, 1.54) is 5.56 Å². The van der Waals surface area contributed by atoms with Crippen LogP contribution in [0, 0.1) is 0 Å². The maximum Gasteiger partial charge on any atom is 0.263 e. The van der Waals surface area contributed by atoms with Crippen LogP contribution in [-0.2, 0) is 16.1 Å². The number of likely N-dealkylation sites (N-methyl/N-ethyl adjacent to an activating group) is 1. The van der Waals surface area contributed by atoms with E-state index in [9.17, 15) is 4.79 Å². The van der Waals surface area contributed by atoms with Gasteiger partial charge in [-0.1, -0.05) is 0 Å². The zero-order chi connectivity index (χ0) is 13.8. The molecule has 0 spiro atoms. The Morgan fingerprint density at radius 2 is 2.47 bits per heavy atom. The van der Waals surface area contributed by atoms with E-state index in [0.29, 0.717) is 0 Å². The van der Waals surface area contributed by atoms with Crippen LogP contribution in [0.1, 0.15) is 18.4 Å². The SMILES string of the molecule is CN(Cc1csc(Br)c1)CC1CCC(C(=O)NN)O1. The van der Waals surface area contributed by atoms with Gasteiger partial charge < -0.3 is 4.74 Å². The molecule has 0 aromatic carbocycles.